The van der Waals surface area contributed by atoms with Crippen LogP contribution in [0.4, 0.5) is 18.9 Å². The SMILES string of the molecule is CN(C)c1c(F)c(F)c(C(=O)O)c(C(=O)O)c1F. The fraction of sp³-hybridized carbons (Fsp3) is 0.200. The summed E-state index contributed by atoms with van der Waals surface area (Å²) in [7, 11) is 2.32. The first kappa shape index (κ1) is 13.8. The van der Waals surface area contributed by atoms with E-state index < -0.39 is 46.2 Å². The highest BCUT2D eigenvalue weighted by Gasteiger charge is 2.32. The van der Waals surface area contributed by atoms with E-state index in [0.717, 1.165) is 19.0 Å². The minimum Gasteiger partial charge on any atom is -0.478 e. The Bertz CT molecular complexity index is 543. The zero-order valence-corrected chi connectivity index (χ0v) is 9.29. The van der Waals surface area contributed by atoms with Gasteiger partial charge in [-0.3, -0.25) is 0 Å². The Labute approximate surface area is 99.1 Å². The average Bonchev–Trinajstić information content (AvgIpc) is 2.21. The molecule has 0 aliphatic carbocycles. The molecule has 5 nitrogen and oxygen atoms in total. The number of carbonyl (C=O) groups is 2. The second kappa shape index (κ2) is 4.55. The van der Waals surface area contributed by atoms with Crippen molar-refractivity contribution in [2.75, 3.05) is 19.0 Å². The van der Waals surface area contributed by atoms with E-state index in [-0.39, 0.29) is 0 Å². The van der Waals surface area contributed by atoms with Gasteiger partial charge in [-0.2, -0.15) is 0 Å². The summed E-state index contributed by atoms with van der Waals surface area (Å²) in [5.41, 5.74) is -3.90. The number of nitrogens with zero attached hydrogens (tertiary/aromatic N) is 1. The molecule has 0 spiro atoms. The third-order valence-electron chi connectivity index (χ3n) is 2.17. The predicted octanol–water partition coefficient (Wildman–Crippen LogP) is 1.57. The lowest BCUT2D eigenvalue weighted by molar-refractivity contribution is 0.0641. The van der Waals surface area contributed by atoms with E-state index in [0.29, 0.717) is 0 Å². The van der Waals surface area contributed by atoms with Gasteiger partial charge < -0.3 is 15.1 Å². The maximum absolute atomic E-state index is 13.7. The quantitative estimate of drug-likeness (QED) is 0.809. The van der Waals surface area contributed by atoms with Crippen molar-refractivity contribution in [3.05, 3.63) is 28.6 Å². The highest BCUT2D eigenvalue weighted by molar-refractivity contribution is 6.03. The zero-order valence-electron chi connectivity index (χ0n) is 9.29. The highest BCUT2D eigenvalue weighted by atomic mass is 19.2. The van der Waals surface area contributed by atoms with Gasteiger partial charge in [-0.15, -0.1) is 0 Å². The van der Waals surface area contributed by atoms with Crippen LogP contribution in [-0.4, -0.2) is 36.2 Å². The molecule has 0 aliphatic heterocycles. The summed E-state index contributed by atoms with van der Waals surface area (Å²) in [6.45, 7) is 0. The van der Waals surface area contributed by atoms with Crippen molar-refractivity contribution in [2.45, 2.75) is 0 Å². The van der Waals surface area contributed by atoms with Gasteiger partial charge in [0, 0.05) is 14.1 Å². The summed E-state index contributed by atoms with van der Waals surface area (Å²) in [5.74, 6) is -9.35. The zero-order chi connectivity index (χ0) is 14.2. The molecule has 1 aromatic carbocycles. The molecular weight excluding hydrogens is 255 g/mol. The molecule has 0 heterocycles. The topological polar surface area (TPSA) is 77.8 Å². The Morgan fingerprint density at radius 1 is 0.889 bits per heavy atom. The van der Waals surface area contributed by atoms with Crippen LogP contribution in [0.5, 0.6) is 0 Å². The molecule has 0 saturated heterocycles. The number of hydrogen-bond acceptors (Lipinski definition) is 3. The number of halogens is 3. The summed E-state index contributed by atoms with van der Waals surface area (Å²) >= 11 is 0. The van der Waals surface area contributed by atoms with Crippen molar-refractivity contribution in [1.29, 1.82) is 0 Å². The molecule has 0 atom stereocenters. The van der Waals surface area contributed by atoms with Crippen LogP contribution in [0.25, 0.3) is 0 Å². The monoisotopic (exact) mass is 263 g/mol. The summed E-state index contributed by atoms with van der Waals surface area (Å²) in [6.07, 6.45) is 0. The van der Waals surface area contributed by atoms with Crippen LogP contribution in [0.15, 0.2) is 0 Å². The number of carboxylic acids is 2. The van der Waals surface area contributed by atoms with E-state index >= 15 is 0 Å². The lowest BCUT2D eigenvalue weighted by Gasteiger charge is -2.17. The summed E-state index contributed by atoms with van der Waals surface area (Å²) in [5, 5.41) is 17.3. The largest absolute Gasteiger partial charge is 0.478 e. The molecule has 1 rings (SSSR count). The molecule has 0 amide bonds. The summed E-state index contributed by atoms with van der Waals surface area (Å²) in [6, 6.07) is 0. The second-order valence-electron chi connectivity index (χ2n) is 3.55. The van der Waals surface area contributed by atoms with Crippen LogP contribution in [0.2, 0.25) is 0 Å². The molecule has 2 N–H and O–H groups in total. The summed E-state index contributed by atoms with van der Waals surface area (Å²) in [4.78, 5) is 22.3. The molecule has 1 aromatic rings. The number of carboxylic acid groups (broad SMARTS) is 2. The van der Waals surface area contributed by atoms with Gasteiger partial charge in [0.05, 0.1) is 0 Å². The molecule has 18 heavy (non-hydrogen) atoms. The average molecular weight is 263 g/mol. The van der Waals surface area contributed by atoms with Crippen molar-refractivity contribution < 1.29 is 33.0 Å². The van der Waals surface area contributed by atoms with E-state index in [9.17, 15) is 22.8 Å². The molecule has 8 heteroatoms. The Hall–Kier alpha value is -2.25. The highest BCUT2D eigenvalue weighted by Crippen LogP contribution is 2.30. The number of aromatic carboxylic acids is 2. The normalized spacial score (nSPS) is 10.3. The first-order valence-electron chi connectivity index (χ1n) is 4.54. The minimum atomic E-state index is -2.06. The Morgan fingerprint density at radius 3 is 1.61 bits per heavy atom. The molecule has 0 radical (unpaired) electrons. The number of anilines is 1. The van der Waals surface area contributed by atoms with Crippen molar-refractivity contribution in [3.8, 4) is 0 Å². The van der Waals surface area contributed by atoms with Gasteiger partial charge in [-0.1, -0.05) is 0 Å². The first-order valence-corrected chi connectivity index (χ1v) is 4.54. The van der Waals surface area contributed by atoms with Gasteiger partial charge >= 0.3 is 11.9 Å². The standard InChI is InChI=1S/C10H8F3NO4/c1-14(2)8-6(12)4(10(17)18)3(9(15)16)5(11)7(8)13/h1-2H3,(H,15,16)(H,17,18). The van der Waals surface area contributed by atoms with Crippen LogP contribution in [0.1, 0.15) is 20.7 Å². The van der Waals surface area contributed by atoms with E-state index in [1.807, 2.05) is 0 Å². The van der Waals surface area contributed by atoms with Gasteiger partial charge in [0.25, 0.3) is 0 Å². The molecule has 0 unspecified atom stereocenters. The first-order chi connectivity index (χ1) is 8.20. The van der Waals surface area contributed by atoms with Crippen LogP contribution >= 0.6 is 0 Å². The fourth-order valence-corrected chi connectivity index (χ4v) is 1.44. The van der Waals surface area contributed by atoms with Gasteiger partial charge in [0.1, 0.15) is 16.8 Å². The van der Waals surface area contributed by atoms with Crippen molar-refractivity contribution in [1.82, 2.24) is 0 Å². The smallest absolute Gasteiger partial charge is 0.339 e. The molecular formula is C10H8F3NO4. The van der Waals surface area contributed by atoms with Crippen LogP contribution < -0.4 is 4.90 Å². The fourth-order valence-electron chi connectivity index (χ4n) is 1.44. The third-order valence-corrected chi connectivity index (χ3v) is 2.17. The van der Waals surface area contributed by atoms with Gasteiger partial charge in [0.15, 0.2) is 17.5 Å². The molecule has 0 saturated carbocycles. The van der Waals surface area contributed by atoms with Gasteiger partial charge in [-0.25, -0.2) is 22.8 Å². The van der Waals surface area contributed by atoms with E-state index in [1.165, 1.54) is 0 Å². The molecule has 0 fully saturated rings. The minimum absolute atomic E-state index is 0.811. The van der Waals surface area contributed by atoms with Crippen molar-refractivity contribution >= 4 is 17.6 Å². The third kappa shape index (κ3) is 1.96. The van der Waals surface area contributed by atoms with Crippen LogP contribution in [-0.2, 0) is 0 Å². The lowest BCUT2D eigenvalue weighted by Crippen LogP contribution is -2.21. The van der Waals surface area contributed by atoms with E-state index in [1.54, 1.807) is 0 Å². The van der Waals surface area contributed by atoms with Gasteiger partial charge in [-0.05, 0) is 0 Å². The van der Waals surface area contributed by atoms with Crippen molar-refractivity contribution in [3.63, 3.8) is 0 Å². The molecule has 98 valence electrons. The summed E-state index contributed by atoms with van der Waals surface area (Å²) < 4.78 is 40.7. The van der Waals surface area contributed by atoms with Crippen molar-refractivity contribution in [2.24, 2.45) is 0 Å². The number of hydrogen-bond donors (Lipinski definition) is 2. The van der Waals surface area contributed by atoms with E-state index in [2.05, 4.69) is 0 Å². The Kier molecular flexibility index (Phi) is 3.49. The maximum atomic E-state index is 13.7. The Morgan fingerprint density at radius 2 is 1.28 bits per heavy atom. The molecule has 0 aromatic heterocycles. The van der Waals surface area contributed by atoms with E-state index in [4.69, 9.17) is 10.2 Å². The van der Waals surface area contributed by atoms with Gasteiger partial charge in [0.2, 0.25) is 0 Å². The molecule has 0 bridgehead atoms. The second-order valence-corrected chi connectivity index (χ2v) is 3.55. The number of benzene rings is 1. The van der Waals surface area contributed by atoms with Crippen LogP contribution in [0, 0.1) is 17.5 Å². The Balaban J connectivity index is 3.88. The molecule has 0 aliphatic rings. The number of rotatable bonds is 3. The maximum Gasteiger partial charge on any atom is 0.339 e. The lowest BCUT2D eigenvalue weighted by atomic mass is 10.0. The van der Waals surface area contributed by atoms with Crippen LogP contribution in [0.3, 0.4) is 0 Å². The predicted molar refractivity (Wildman–Crippen MR) is 54.6 cm³/mol.